The highest BCUT2D eigenvalue weighted by Crippen LogP contribution is 2.11. The van der Waals surface area contributed by atoms with Crippen LogP contribution in [-0.2, 0) is 16.1 Å². The standard InChI is InChI=1S/C19H20N2O2/c1-15(22)20-18-11-8-16(9-12-18)10-13-19(23)21(2)14-17-6-4-3-5-7-17/h3-13H,14H2,1-2H3,(H,20,22). The maximum absolute atomic E-state index is 12.1. The fourth-order valence-electron chi connectivity index (χ4n) is 2.11. The maximum Gasteiger partial charge on any atom is 0.246 e. The molecule has 0 radical (unpaired) electrons. The summed E-state index contributed by atoms with van der Waals surface area (Å²) in [4.78, 5) is 24.7. The van der Waals surface area contributed by atoms with Crippen molar-refractivity contribution >= 4 is 23.6 Å². The highest BCUT2D eigenvalue weighted by molar-refractivity contribution is 5.92. The summed E-state index contributed by atoms with van der Waals surface area (Å²) >= 11 is 0. The molecule has 23 heavy (non-hydrogen) atoms. The van der Waals surface area contributed by atoms with Crippen LogP contribution in [0.3, 0.4) is 0 Å². The van der Waals surface area contributed by atoms with Crippen LogP contribution in [0.1, 0.15) is 18.1 Å². The van der Waals surface area contributed by atoms with Crippen LogP contribution in [0, 0.1) is 0 Å². The van der Waals surface area contributed by atoms with Gasteiger partial charge in [0.05, 0.1) is 0 Å². The number of hydrogen-bond acceptors (Lipinski definition) is 2. The van der Waals surface area contributed by atoms with E-state index >= 15 is 0 Å². The first-order valence-corrected chi connectivity index (χ1v) is 7.39. The van der Waals surface area contributed by atoms with E-state index in [2.05, 4.69) is 5.32 Å². The van der Waals surface area contributed by atoms with Crippen LogP contribution in [0.5, 0.6) is 0 Å². The lowest BCUT2D eigenvalue weighted by Crippen LogP contribution is -2.23. The molecule has 0 aliphatic rings. The summed E-state index contributed by atoms with van der Waals surface area (Å²) in [5.41, 5.74) is 2.74. The highest BCUT2D eigenvalue weighted by atomic mass is 16.2. The molecule has 2 aromatic carbocycles. The number of anilines is 1. The number of likely N-dealkylation sites (N-methyl/N-ethyl adjacent to an activating group) is 1. The molecule has 0 aliphatic carbocycles. The van der Waals surface area contributed by atoms with Gasteiger partial charge in [0.1, 0.15) is 0 Å². The smallest absolute Gasteiger partial charge is 0.246 e. The van der Waals surface area contributed by atoms with Crippen molar-refractivity contribution in [2.24, 2.45) is 0 Å². The SMILES string of the molecule is CC(=O)Nc1ccc(C=CC(=O)N(C)Cc2ccccc2)cc1. The molecular weight excluding hydrogens is 288 g/mol. The first kappa shape index (κ1) is 16.5. The minimum absolute atomic E-state index is 0.0557. The Labute approximate surface area is 136 Å². The van der Waals surface area contributed by atoms with Gasteiger partial charge in [-0.05, 0) is 29.3 Å². The number of benzene rings is 2. The molecule has 0 fully saturated rings. The van der Waals surface area contributed by atoms with Crippen LogP contribution >= 0.6 is 0 Å². The van der Waals surface area contributed by atoms with Gasteiger partial charge in [-0.3, -0.25) is 9.59 Å². The fraction of sp³-hybridized carbons (Fsp3) is 0.158. The van der Waals surface area contributed by atoms with E-state index in [1.807, 2.05) is 42.5 Å². The molecule has 0 spiro atoms. The molecule has 0 saturated heterocycles. The average Bonchev–Trinajstić information content (AvgIpc) is 2.54. The van der Waals surface area contributed by atoms with Gasteiger partial charge in [-0.1, -0.05) is 42.5 Å². The van der Waals surface area contributed by atoms with Crippen molar-refractivity contribution in [1.82, 2.24) is 4.90 Å². The van der Waals surface area contributed by atoms with Gasteiger partial charge >= 0.3 is 0 Å². The summed E-state index contributed by atoms with van der Waals surface area (Å²) in [6.07, 6.45) is 3.32. The monoisotopic (exact) mass is 308 g/mol. The molecular formula is C19H20N2O2. The summed E-state index contributed by atoms with van der Waals surface area (Å²) in [5, 5.41) is 2.70. The number of nitrogens with zero attached hydrogens (tertiary/aromatic N) is 1. The number of amides is 2. The van der Waals surface area contributed by atoms with Crippen molar-refractivity contribution < 1.29 is 9.59 Å². The molecule has 4 heteroatoms. The first-order valence-electron chi connectivity index (χ1n) is 7.39. The lowest BCUT2D eigenvalue weighted by molar-refractivity contribution is -0.125. The topological polar surface area (TPSA) is 49.4 Å². The van der Waals surface area contributed by atoms with Crippen LogP contribution in [0.4, 0.5) is 5.69 Å². The van der Waals surface area contributed by atoms with Gasteiger partial charge in [-0.2, -0.15) is 0 Å². The van der Waals surface area contributed by atoms with Crippen molar-refractivity contribution in [1.29, 1.82) is 0 Å². The molecule has 0 unspecified atom stereocenters. The van der Waals surface area contributed by atoms with Gasteiger partial charge in [0.15, 0.2) is 0 Å². The van der Waals surface area contributed by atoms with Gasteiger partial charge in [0.2, 0.25) is 11.8 Å². The van der Waals surface area contributed by atoms with Gasteiger partial charge in [-0.15, -0.1) is 0 Å². The number of hydrogen-bond donors (Lipinski definition) is 1. The third-order valence-electron chi connectivity index (χ3n) is 3.29. The summed E-state index contributed by atoms with van der Waals surface area (Å²) in [6.45, 7) is 2.04. The van der Waals surface area contributed by atoms with Gasteiger partial charge in [-0.25, -0.2) is 0 Å². The summed E-state index contributed by atoms with van der Waals surface area (Å²) in [7, 11) is 1.78. The minimum Gasteiger partial charge on any atom is -0.338 e. The van der Waals surface area contributed by atoms with Gasteiger partial charge in [0, 0.05) is 32.3 Å². The predicted molar refractivity (Wildman–Crippen MR) is 92.7 cm³/mol. The van der Waals surface area contributed by atoms with Gasteiger partial charge in [0.25, 0.3) is 0 Å². The molecule has 0 bridgehead atoms. The van der Waals surface area contributed by atoms with E-state index in [-0.39, 0.29) is 11.8 Å². The van der Waals surface area contributed by atoms with Crippen molar-refractivity contribution in [3.05, 3.63) is 71.8 Å². The Hall–Kier alpha value is -2.88. The zero-order valence-electron chi connectivity index (χ0n) is 13.3. The third kappa shape index (κ3) is 5.43. The predicted octanol–water partition coefficient (Wildman–Crippen LogP) is 3.32. The Morgan fingerprint density at radius 3 is 2.30 bits per heavy atom. The Kier molecular flexibility index (Phi) is 5.69. The van der Waals surface area contributed by atoms with Gasteiger partial charge < -0.3 is 10.2 Å². The second-order valence-electron chi connectivity index (χ2n) is 5.32. The van der Waals surface area contributed by atoms with E-state index in [1.165, 1.54) is 6.92 Å². The van der Waals surface area contributed by atoms with Crippen molar-refractivity contribution in [2.75, 3.05) is 12.4 Å². The molecule has 0 heterocycles. The quantitative estimate of drug-likeness (QED) is 0.861. The van der Waals surface area contributed by atoms with E-state index in [9.17, 15) is 9.59 Å². The van der Waals surface area contributed by atoms with Crippen LogP contribution in [0.2, 0.25) is 0 Å². The maximum atomic E-state index is 12.1. The Morgan fingerprint density at radius 2 is 1.70 bits per heavy atom. The van der Waals surface area contributed by atoms with Crippen molar-refractivity contribution in [3.8, 4) is 0 Å². The number of nitrogens with one attached hydrogen (secondary N) is 1. The van der Waals surface area contributed by atoms with Crippen LogP contribution in [-0.4, -0.2) is 23.8 Å². The van der Waals surface area contributed by atoms with Crippen LogP contribution < -0.4 is 5.32 Å². The lowest BCUT2D eigenvalue weighted by atomic mass is 10.2. The van der Waals surface area contributed by atoms with E-state index in [0.29, 0.717) is 6.54 Å². The molecule has 2 rings (SSSR count). The summed E-state index contributed by atoms with van der Waals surface area (Å²) < 4.78 is 0. The largest absolute Gasteiger partial charge is 0.338 e. The second kappa shape index (κ2) is 7.94. The Bertz CT molecular complexity index is 691. The first-order chi connectivity index (χ1) is 11.0. The molecule has 118 valence electrons. The van der Waals surface area contributed by atoms with Crippen molar-refractivity contribution in [3.63, 3.8) is 0 Å². The summed E-state index contributed by atoms with van der Waals surface area (Å²) in [6, 6.07) is 17.2. The van der Waals surface area contributed by atoms with E-state index in [4.69, 9.17) is 0 Å². The highest BCUT2D eigenvalue weighted by Gasteiger charge is 2.05. The Balaban J connectivity index is 1.93. The number of rotatable bonds is 5. The second-order valence-corrected chi connectivity index (χ2v) is 5.32. The van der Waals surface area contributed by atoms with Crippen LogP contribution in [0.25, 0.3) is 6.08 Å². The molecule has 0 aliphatic heterocycles. The molecule has 1 N–H and O–H groups in total. The van der Waals surface area contributed by atoms with E-state index in [1.54, 1.807) is 36.2 Å². The van der Waals surface area contributed by atoms with E-state index < -0.39 is 0 Å². The zero-order chi connectivity index (χ0) is 16.7. The lowest BCUT2D eigenvalue weighted by Gasteiger charge is -2.15. The Morgan fingerprint density at radius 1 is 1.04 bits per heavy atom. The third-order valence-corrected chi connectivity index (χ3v) is 3.29. The van der Waals surface area contributed by atoms with Crippen LogP contribution in [0.15, 0.2) is 60.7 Å². The molecule has 0 aromatic heterocycles. The minimum atomic E-state index is -0.106. The molecule has 2 aromatic rings. The molecule has 0 atom stereocenters. The zero-order valence-corrected chi connectivity index (χ0v) is 13.3. The summed E-state index contributed by atoms with van der Waals surface area (Å²) in [5.74, 6) is -0.161. The normalized spacial score (nSPS) is 10.5. The van der Waals surface area contributed by atoms with E-state index in [0.717, 1.165) is 16.8 Å². The molecule has 2 amide bonds. The average molecular weight is 308 g/mol. The number of carbonyl (C=O) groups is 2. The van der Waals surface area contributed by atoms with Crippen molar-refractivity contribution in [2.45, 2.75) is 13.5 Å². The molecule has 0 saturated carbocycles. The number of carbonyl (C=O) groups excluding carboxylic acids is 2. The molecule has 4 nitrogen and oxygen atoms in total. The fourth-order valence-corrected chi connectivity index (χ4v) is 2.11.